The number of β-lactam (4-membered cyclic amide) rings is 1. The lowest BCUT2D eigenvalue weighted by Gasteiger charge is -2.42. The van der Waals surface area contributed by atoms with Crippen LogP contribution < -0.4 is 0 Å². The van der Waals surface area contributed by atoms with Gasteiger partial charge in [0.2, 0.25) is 0 Å². The van der Waals surface area contributed by atoms with Gasteiger partial charge < -0.3 is 4.74 Å². The summed E-state index contributed by atoms with van der Waals surface area (Å²) in [5, 5.41) is 0. The first-order chi connectivity index (χ1) is 8.27. The summed E-state index contributed by atoms with van der Waals surface area (Å²) in [6.07, 6.45) is 5.60. The van der Waals surface area contributed by atoms with E-state index in [1.54, 1.807) is 11.4 Å². The molecule has 1 saturated heterocycles. The number of carbonyl (C=O) groups excluding carboxylic acids is 1. The Kier molecular flexibility index (Phi) is 3.86. The van der Waals surface area contributed by atoms with E-state index in [2.05, 4.69) is 0 Å². The van der Waals surface area contributed by atoms with Crippen molar-refractivity contribution in [1.82, 2.24) is 4.31 Å². The van der Waals surface area contributed by atoms with Crippen molar-refractivity contribution >= 4 is 23.9 Å². The molecule has 1 aromatic carbocycles. The number of benzene rings is 1. The monoisotopic (exact) mass is 249 g/mol. The van der Waals surface area contributed by atoms with Gasteiger partial charge in [0.15, 0.2) is 6.10 Å². The first-order valence-corrected chi connectivity index (χ1v) is 6.59. The minimum absolute atomic E-state index is 0.0303. The van der Waals surface area contributed by atoms with E-state index in [0.29, 0.717) is 0 Å². The van der Waals surface area contributed by atoms with Crippen LogP contribution >= 0.6 is 11.9 Å². The predicted octanol–water partition coefficient (Wildman–Crippen LogP) is 2.20. The summed E-state index contributed by atoms with van der Waals surface area (Å²) in [6, 6.07) is 10.1. The van der Waals surface area contributed by atoms with Crippen LogP contribution in [0.1, 0.15) is 5.56 Å². The van der Waals surface area contributed by atoms with Crippen molar-refractivity contribution < 1.29 is 9.53 Å². The molecule has 1 aromatic rings. The van der Waals surface area contributed by atoms with E-state index in [-0.39, 0.29) is 18.1 Å². The molecule has 0 saturated carbocycles. The van der Waals surface area contributed by atoms with Gasteiger partial charge in [0.25, 0.3) is 5.91 Å². The Morgan fingerprint density at radius 1 is 1.35 bits per heavy atom. The molecule has 2 atom stereocenters. The average Bonchev–Trinajstić information content (AvgIpc) is 2.36. The highest BCUT2D eigenvalue weighted by atomic mass is 32.2. The molecule has 1 aliphatic rings. The standard InChI is InChI=1S/C13H15NO2S/c1-16-12-11(14(17-2)13(12)15)9-8-10-6-4-3-5-7-10/h3-9,11-12H,1-2H3/b9-8+. The van der Waals surface area contributed by atoms with E-state index in [0.717, 1.165) is 5.56 Å². The Bertz CT molecular complexity index is 405. The molecule has 0 N–H and O–H groups in total. The van der Waals surface area contributed by atoms with E-state index in [9.17, 15) is 4.79 Å². The maximum atomic E-state index is 11.6. The van der Waals surface area contributed by atoms with Gasteiger partial charge in [0, 0.05) is 13.4 Å². The molecule has 3 nitrogen and oxygen atoms in total. The maximum absolute atomic E-state index is 11.6. The zero-order valence-corrected chi connectivity index (χ0v) is 10.7. The van der Waals surface area contributed by atoms with Crippen molar-refractivity contribution in [2.45, 2.75) is 12.1 Å². The first kappa shape index (κ1) is 12.2. The third kappa shape index (κ3) is 2.37. The molecule has 4 heteroatoms. The smallest absolute Gasteiger partial charge is 0.264 e. The molecule has 0 bridgehead atoms. The Hall–Kier alpha value is -1.26. The molecule has 1 fully saturated rings. The summed E-state index contributed by atoms with van der Waals surface area (Å²) in [5.41, 5.74) is 1.13. The fraction of sp³-hybridized carbons (Fsp3) is 0.308. The SMILES string of the molecule is COC1C(=O)N(SC)C1/C=C/c1ccccc1. The van der Waals surface area contributed by atoms with E-state index < -0.39 is 0 Å². The summed E-state index contributed by atoms with van der Waals surface area (Å²) < 4.78 is 6.91. The lowest BCUT2D eigenvalue weighted by Crippen LogP contribution is -2.61. The van der Waals surface area contributed by atoms with Crippen LogP contribution in [0.15, 0.2) is 36.4 Å². The molecular formula is C13H15NO2S. The van der Waals surface area contributed by atoms with Crippen molar-refractivity contribution in [3.05, 3.63) is 42.0 Å². The Morgan fingerprint density at radius 3 is 2.65 bits per heavy atom. The van der Waals surface area contributed by atoms with E-state index in [1.807, 2.05) is 48.7 Å². The highest BCUT2D eigenvalue weighted by molar-refractivity contribution is 7.96. The second kappa shape index (κ2) is 5.38. The zero-order valence-electron chi connectivity index (χ0n) is 9.87. The van der Waals surface area contributed by atoms with Crippen molar-refractivity contribution in [2.75, 3.05) is 13.4 Å². The van der Waals surface area contributed by atoms with Gasteiger partial charge in [-0.2, -0.15) is 0 Å². The van der Waals surface area contributed by atoms with Crippen LogP contribution in [0.5, 0.6) is 0 Å². The van der Waals surface area contributed by atoms with Crippen LogP contribution in [0.3, 0.4) is 0 Å². The number of amides is 1. The predicted molar refractivity (Wildman–Crippen MR) is 70.4 cm³/mol. The summed E-state index contributed by atoms with van der Waals surface area (Å²) >= 11 is 1.43. The molecule has 0 spiro atoms. The van der Waals surface area contributed by atoms with Gasteiger partial charge >= 0.3 is 0 Å². The molecule has 90 valence electrons. The molecule has 1 amide bonds. The van der Waals surface area contributed by atoms with Gasteiger partial charge in [-0.3, -0.25) is 9.10 Å². The number of carbonyl (C=O) groups is 1. The van der Waals surface area contributed by atoms with E-state index in [4.69, 9.17) is 4.74 Å². The third-order valence-electron chi connectivity index (χ3n) is 2.78. The van der Waals surface area contributed by atoms with Gasteiger partial charge in [-0.05, 0) is 5.56 Å². The fourth-order valence-corrected chi connectivity index (χ4v) is 2.57. The van der Waals surface area contributed by atoms with Crippen molar-refractivity contribution in [3.63, 3.8) is 0 Å². The number of hydrogen-bond acceptors (Lipinski definition) is 3. The normalized spacial score (nSPS) is 24.1. The second-order valence-electron chi connectivity index (χ2n) is 3.76. The van der Waals surface area contributed by atoms with Gasteiger partial charge in [-0.1, -0.05) is 54.4 Å². The molecule has 0 radical (unpaired) electrons. The topological polar surface area (TPSA) is 29.5 Å². The van der Waals surface area contributed by atoms with E-state index in [1.165, 1.54) is 11.9 Å². The van der Waals surface area contributed by atoms with Crippen molar-refractivity contribution in [3.8, 4) is 0 Å². The lowest BCUT2D eigenvalue weighted by atomic mass is 10.0. The first-order valence-electron chi connectivity index (χ1n) is 5.41. The third-order valence-corrected chi connectivity index (χ3v) is 3.59. The molecule has 1 aliphatic heterocycles. The lowest BCUT2D eigenvalue weighted by molar-refractivity contribution is -0.154. The molecule has 2 rings (SSSR count). The number of ether oxygens (including phenoxy) is 1. The van der Waals surface area contributed by atoms with Crippen LogP contribution in [0.25, 0.3) is 6.08 Å². The molecule has 0 aromatic heterocycles. The van der Waals surface area contributed by atoms with Gasteiger partial charge in [0.1, 0.15) is 0 Å². The van der Waals surface area contributed by atoms with Crippen molar-refractivity contribution in [1.29, 1.82) is 0 Å². The highest BCUT2D eigenvalue weighted by Crippen LogP contribution is 2.30. The number of rotatable bonds is 4. The molecule has 1 heterocycles. The van der Waals surface area contributed by atoms with Crippen LogP contribution in [0.2, 0.25) is 0 Å². The van der Waals surface area contributed by atoms with Crippen LogP contribution in [-0.4, -0.2) is 35.7 Å². The summed E-state index contributed by atoms with van der Waals surface area (Å²) in [5.74, 6) is 0.0442. The number of hydrogen-bond donors (Lipinski definition) is 0. The van der Waals surface area contributed by atoms with Gasteiger partial charge in [-0.25, -0.2) is 0 Å². The zero-order chi connectivity index (χ0) is 12.3. The second-order valence-corrected chi connectivity index (χ2v) is 4.52. The van der Waals surface area contributed by atoms with Crippen LogP contribution in [0, 0.1) is 0 Å². The Balaban J connectivity index is 2.07. The molecule has 2 unspecified atom stereocenters. The molecular weight excluding hydrogens is 234 g/mol. The maximum Gasteiger partial charge on any atom is 0.264 e. The minimum Gasteiger partial charge on any atom is -0.369 e. The minimum atomic E-state index is -0.331. The average molecular weight is 249 g/mol. The molecule has 0 aliphatic carbocycles. The number of nitrogens with zero attached hydrogens (tertiary/aromatic N) is 1. The Labute approximate surface area is 106 Å². The van der Waals surface area contributed by atoms with Crippen LogP contribution in [0.4, 0.5) is 0 Å². The highest BCUT2D eigenvalue weighted by Gasteiger charge is 2.46. The summed E-state index contributed by atoms with van der Waals surface area (Å²) in [6.45, 7) is 0. The van der Waals surface area contributed by atoms with Crippen molar-refractivity contribution in [2.24, 2.45) is 0 Å². The summed E-state index contributed by atoms with van der Waals surface area (Å²) in [4.78, 5) is 11.6. The quantitative estimate of drug-likeness (QED) is 0.605. The summed E-state index contributed by atoms with van der Waals surface area (Å²) in [7, 11) is 1.57. The van der Waals surface area contributed by atoms with Crippen LogP contribution in [-0.2, 0) is 9.53 Å². The van der Waals surface area contributed by atoms with Gasteiger partial charge in [0.05, 0.1) is 6.04 Å². The molecule has 17 heavy (non-hydrogen) atoms. The number of methoxy groups -OCH3 is 1. The van der Waals surface area contributed by atoms with Gasteiger partial charge in [-0.15, -0.1) is 0 Å². The Morgan fingerprint density at radius 2 is 2.06 bits per heavy atom. The van der Waals surface area contributed by atoms with E-state index >= 15 is 0 Å². The fourth-order valence-electron chi connectivity index (χ4n) is 1.86. The largest absolute Gasteiger partial charge is 0.369 e.